The molecular weight excluding hydrogens is 204 g/mol. The Hall–Kier alpha value is -0.591. The number of hydrogen-bond donors (Lipinski definition) is 0. The van der Waals surface area contributed by atoms with E-state index < -0.39 is 0 Å². The van der Waals surface area contributed by atoms with Gasteiger partial charge in [-0.15, -0.1) is 0 Å². The molecular formula is C11H14FeO. The van der Waals surface area contributed by atoms with Gasteiger partial charge in [0.15, 0.2) is 0 Å². The minimum atomic E-state index is -0.250. The average Bonchev–Trinajstić information content (AvgIpc) is 2.57. The zero-order valence-corrected chi connectivity index (χ0v) is 8.87. The van der Waals surface area contributed by atoms with Crippen molar-refractivity contribution in [2.75, 3.05) is 0 Å². The maximum absolute atomic E-state index is 10.9. The van der Waals surface area contributed by atoms with Crippen molar-refractivity contribution in [3.8, 4) is 0 Å². The summed E-state index contributed by atoms with van der Waals surface area (Å²) in [5.74, 6) is 0. The molecule has 0 N–H and O–H groups in total. The molecule has 1 aliphatic carbocycles. The van der Waals surface area contributed by atoms with Crippen LogP contribution in [0.2, 0.25) is 4.31 Å². The first-order chi connectivity index (χ1) is 6.20. The predicted molar refractivity (Wildman–Crippen MR) is 51.1 cm³/mol. The first-order valence-corrected chi connectivity index (χ1v) is 5.37. The molecule has 0 spiro atoms. The molecule has 0 amide bonds. The molecule has 0 aromatic rings. The van der Waals surface area contributed by atoms with Gasteiger partial charge in [0.1, 0.15) is 0 Å². The van der Waals surface area contributed by atoms with Gasteiger partial charge in [0.25, 0.3) is 0 Å². The van der Waals surface area contributed by atoms with E-state index in [-0.39, 0.29) is 4.31 Å². The van der Waals surface area contributed by atoms with Crippen molar-refractivity contribution in [2.24, 2.45) is 0 Å². The normalized spacial score (nSPS) is 19.6. The molecule has 13 heavy (non-hydrogen) atoms. The SMILES string of the molecule is C=CC[C](C)(C=O)[Fe][C]1=CC=CC1. The van der Waals surface area contributed by atoms with E-state index in [1.165, 1.54) is 4.47 Å². The van der Waals surface area contributed by atoms with Crippen LogP contribution < -0.4 is 0 Å². The molecule has 1 rings (SSSR count). The molecule has 1 nitrogen and oxygen atoms in total. The number of hydrogen-bond acceptors (Lipinski definition) is 1. The molecule has 0 saturated carbocycles. The number of allylic oxidation sites excluding steroid dienone is 5. The molecule has 0 aromatic heterocycles. The van der Waals surface area contributed by atoms with Gasteiger partial charge in [0.05, 0.1) is 0 Å². The van der Waals surface area contributed by atoms with Gasteiger partial charge >= 0.3 is 85.5 Å². The second-order valence-electron chi connectivity index (χ2n) is 3.18. The number of carbonyl (C=O) groups excluding carboxylic acids is 1. The summed E-state index contributed by atoms with van der Waals surface area (Å²) in [7, 11) is 0. The van der Waals surface area contributed by atoms with E-state index in [2.05, 4.69) is 24.8 Å². The van der Waals surface area contributed by atoms with Crippen molar-refractivity contribution in [1.29, 1.82) is 0 Å². The summed E-state index contributed by atoms with van der Waals surface area (Å²) in [4.78, 5) is 10.9. The van der Waals surface area contributed by atoms with Gasteiger partial charge in [-0.3, -0.25) is 0 Å². The van der Waals surface area contributed by atoms with E-state index >= 15 is 0 Å². The van der Waals surface area contributed by atoms with Gasteiger partial charge in [0, 0.05) is 0 Å². The van der Waals surface area contributed by atoms with Crippen molar-refractivity contribution in [3.05, 3.63) is 35.4 Å². The quantitative estimate of drug-likeness (QED) is 0.394. The molecule has 0 radical (unpaired) electrons. The van der Waals surface area contributed by atoms with Crippen LogP contribution in [0.4, 0.5) is 0 Å². The van der Waals surface area contributed by atoms with E-state index in [1.54, 1.807) is 0 Å². The summed E-state index contributed by atoms with van der Waals surface area (Å²) in [6.45, 7) is 5.66. The second kappa shape index (κ2) is 4.59. The van der Waals surface area contributed by atoms with Crippen LogP contribution in [0.5, 0.6) is 0 Å². The molecule has 0 saturated heterocycles. The fourth-order valence-electron chi connectivity index (χ4n) is 1.12. The summed E-state index contributed by atoms with van der Waals surface area (Å²) >= 11 is 0.857. The molecule has 1 aliphatic rings. The van der Waals surface area contributed by atoms with Gasteiger partial charge in [0.2, 0.25) is 0 Å². The molecule has 1 atom stereocenters. The average molecular weight is 218 g/mol. The maximum atomic E-state index is 10.9. The van der Waals surface area contributed by atoms with Crippen LogP contribution in [0.3, 0.4) is 0 Å². The fourth-order valence-corrected chi connectivity index (χ4v) is 2.71. The molecule has 0 aliphatic heterocycles. The molecule has 72 valence electrons. The van der Waals surface area contributed by atoms with Gasteiger partial charge in [-0.25, -0.2) is 0 Å². The van der Waals surface area contributed by atoms with Crippen LogP contribution >= 0.6 is 0 Å². The summed E-state index contributed by atoms with van der Waals surface area (Å²) in [6, 6.07) is 0. The van der Waals surface area contributed by atoms with Gasteiger partial charge in [-0.05, 0) is 0 Å². The summed E-state index contributed by atoms with van der Waals surface area (Å²) in [5, 5.41) is 0. The molecule has 0 fully saturated rings. The zero-order chi connectivity index (χ0) is 9.73. The Balaban J connectivity index is 2.57. The first kappa shape index (κ1) is 10.5. The van der Waals surface area contributed by atoms with E-state index in [9.17, 15) is 4.79 Å². The van der Waals surface area contributed by atoms with Crippen molar-refractivity contribution in [2.45, 2.75) is 24.1 Å². The summed E-state index contributed by atoms with van der Waals surface area (Å²) in [5.41, 5.74) is 0. The van der Waals surface area contributed by atoms with Crippen LogP contribution in [0.15, 0.2) is 35.4 Å². The Morgan fingerprint density at radius 1 is 1.77 bits per heavy atom. The topological polar surface area (TPSA) is 17.1 Å². The Morgan fingerprint density at radius 2 is 2.54 bits per heavy atom. The summed E-state index contributed by atoms with van der Waals surface area (Å²) in [6.07, 6.45) is 10.9. The van der Waals surface area contributed by atoms with Crippen LogP contribution in [-0.4, -0.2) is 6.29 Å². The zero-order valence-electron chi connectivity index (χ0n) is 7.77. The fraction of sp³-hybridized carbons (Fsp3) is 0.364. The van der Waals surface area contributed by atoms with Crippen LogP contribution in [-0.2, 0) is 19.8 Å². The third-order valence-electron chi connectivity index (χ3n) is 1.81. The third kappa shape index (κ3) is 2.98. The number of rotatable bonds is 5. The van der Waals surface area contributed by atoms with Crippen LogP contribution in [0, 0.1) is 0 Å². The summed E-state index contributed by atoms with van der Waals surface area (Å²) < 4.78 is 1.09. The Labute approximate surface area is 85.8 Å². The van der Waals surface area contributed by atoms with E-state index in [0.717, 1.165) is 34.1 Å². The van der Waals surface area contributed by atoms with Crippen molar-refractivity contribution < 1.29 is 19.8 Å². The van der Waals surface area contributed by atoms with Crippen molar-refractivity contribution >= 4 is 6.29 Å². The van der Waals surface area contributed by atoms with Crippen LogP contribution in [0.1, 0.15) is 19.8 Å². The number of carbonyl (C=O) groups is 1. The molecule has 2 heteroatoms. The van der Waals surface area contributed by atoms with Crippen molar-refractivity contribution in [1.82, 2.24) is 0 Å². The standard InChI is InChI=1S/C6H9O.C5H5.Fe/c1-3-4-6(2)5-7;1-2-4-5-3-1;/h3,5H,1,4H2,2H3;1-3H,4H2;. The number of aldehydes is 1. The first-order valence-electron chi connectivity index (χ1n) is 4.27. The monoisotopic (exact) mass is 218 g/mol. The second-order valence-corrected chi connectivity index (χ2v) is 5.43. The van der Waals surface area contributed by atoms with Gasteiger partial charge in [-0.2, -0.15) is 0 Å². The molecule has 1 unspecified atom stereocenters. The van der Waals surface area contributed by atoms with Crippen molar-refractivity contribution in [3.63, 3.8) is 0 Å². The Bertz CT molecular complexity index is 265. The Morgan fingerprint density at radius 3 is 3.00 bits per heavy atom. The molecule has 0 aromatic carbocycles. The molecule has 0 heterocycles. The van der Waals surface area contributed by atoms with Gasteiger partial charge < -0.3 is 0 Å². The molecule has 0 bridgehead atoms. The predicted octanol–water partition coefficient (Wildman–Crippen LogP) is 2.87. The van der Waals surface area contributed by atoms with Gasteiger partial charge in [-0.1, -0.05) is 0 Å². The van der Waals surface area contributed by atoms with E-state index in [4.69, 9.17) is 0 Å². The van der Waals surface area contributed by atoms with E-state index in [0.29, 0.717) is 0 Å². The Kier molecular flexibility index (Phi) is 3.70. The van der Waals surface area contributed by atoms with Crippen LogP contribution in [0.25, 0.3) is 0 Å². The minimum absolute atomic E-state index is 0.250. The van der Waals surface area contributed by atoms with E-state index in [1.807, 2.05) is 13.0 Å². The third-order valence-corrected chi connectivity index (χ3v) is 3.56.